The van der Waals surface area contributed by atoms with E-state index in [2.05, 4.69) is 5.32 Å². The summed E-state index contributed by atoms with van der Waals surface area (Å²) in [6.07, 6.45) is 0. The summed E-state index contributed by atoms with van der Waals surface area (Å²) in [7, 11) is 3.92. The third-order valence-corrected chi connectivity index (χ3v) is 3.11. The Bertz CT molecular complexity index is 619. The lowest BCUT2D eigenvalue weighted by atomic mass is 10.1. The van der Waals surface area contributed by atoms with E-state index in [1.54, 1.807) is 12.1 Å². The topological polar surface area (TPSA) is 52.6 Å². The third-order valence-electron chi connectivity index (χ3n) is 3.11. The smallest absolute Gasteiger partial charge is 0.256 e. The summed E-state index contributed by atoms with van der Waals surface area (Å²) < 4.78 is 0. The summed E-state index contributed by atoms with van der Waals surface area (Å²) >= 11 is 0. The molecular weight excluding hydrogens is 252 g/mol. The summed E-state index contributed by atoms with van der Waals surface area (Å²) in [6, 6.07) is 12.3. The van der Waals surface area contributed by atoms with Gasteiger partial charge in [-0.05, 0) is 48.9 Å². The van der Waals surface area contributed by atoms with Crippen molar-refractivity contribution in [1.29, 1.82) is 0 Å². The molecule has 2 N–H and O–H groups in total. The number of benzene rings is 2. The summed E-state index contributed by atoms with van der Waals surface area (Å²) in [4.78, 5) is 14.2. The van der Waals surface area contributed by atoms with Gasteiger partial charge in [0.15, 0.2) is 0 Å². The summed E-state index contributed by atoms with van der Waals surface area (Å²) in [5.41, 5.74) is 3.09. The quantitative estimate of drug-likeness (QED) is 0.901. The number of phenolic OH excluding ortho intramolecular Hbond substituents is 1. The van der Waals surface area contributed by atoms with Crippen LogP contribution >= 0.6 is 0 Å². The number of aryl methyl sites for hydroxylation is 1. The molecule has 2 rings (SSSR count). The molecule has 4 nitrogen and oxygen atoms in total. The summed E-state index contributed by atoms with van der Waals surface area (Å²) in [5.74, 6) is -0.139. The molecule has 0 heterocycles. The maximum Gasteiger partial charge on any atom is 0.256 e. The zero-order chi connectivity index (χ0) is 14.7. The number of amides is 1. The fourth-order valence-electron chi connectivity index (χ4n) is 1.90. The Kier molecular flexibility index (Phi) is 3.94. The molecule has 0 unspecified atom stereocenters. The molecule has 4 heteroatoms. The van der Waals surface area contributed by atoms with Crippen LogP contribution in [-0.4, -0.2) is 25.1 Å². The first-order valence-electron chi connectivity index (χ1n) is 6.36. The van der Waals surface area contributed by atoms with Crippen molar-refractivity contribution in [2.45, 2.75) is 6.92 Å². The lowest BCUT2D eigenvalue weighted by Gasteiger charge is -2.13. The number of hydrogen-bond donors (Lipinski definition) is 2. The zero-order valence-corrected chi connectivity index (χ0v) is 11.8. The van der Waals surface area contributed by atoms with Gasteiger partial charge in [0, 0.05) is 31.0 Å². The predicted octanol–water partition coefficient (Wildman–Crippen LogP) is 3.02. The molecule has 0 aliphatic rings. The molecule has 0 atom stereocenters. The molecule has 2 aromatic rings. The monoisotopic (exact) mass is 270 g/mol. The summed E-state index contributed by atoms with van der Waals surface area (Å²) in [6.45, 7) is 1.84. The summed E-state index contributed by atoms with van der Waals surface area (Å²) in [5, 5.41) is 12.3. The number of rotatable bonds is 3. The van der Waals surface area contributed by atoms with E-state index in [9.17, 15) is 9.90 Å². The lowest BCUT2D eigenvalue weighted by molar-refractivity contribution is 0.102. The van der Waals surface area contributed by atoms with Crippen LogP contribution < -0.4 is 10.2 Å². The SMILES string of the molecule is Cc1ccc(O)cc1C(=O)Nc1ccc(N(C)C)cc1. The fraction of sp³-hybridized carbons (Fsp3) is 0.188. The molecule has 0 saturated heterocycles. The van der Waals surface area contributed by atoms with Gasteiger partial charge in [-0.2, -0.15) is 0 Å². The van der Waals surface area contributed by atoms with Crippen molar-refractivity contribution >= 4 is 17.3 Å². The van der Waals surface area contributed by atoms with Crippen molar-refractivity contribution in [2.24, 2.45) is 0 Å². The van der Waals surface area contributed by atoms with Gasteiger partial charge >= 0.3 is 0 Å². The number of hydrogen-bond acceptors (Lipinski definition) is 3. The standard InChI is InChI=1S/C16H18N2O2/c1-11-4-9-14(19)10-15(11)16(20)17-12-5-7-13(8-6-12)18(2)3/h4-10,19H,1-3H3,(H,17,20). The highest BCUT2D eigenvalue weighted by molar-refractivity contribution is 6.05. The molecule has 0 bridgehead atoms. The highest BCUT2D eigenvalue weighted by Gasteiger charge is 2.10. The lowest BCUT2D eigenvalue weighted by Crippen LogP contribution is -2.13. The van der Waals surface area contributed by atoms with Crippen LogP contribution in [0.15, 0.2) is 42.5 Å². The van der Waals surface area contributed by atoms with Crippen LogP contribution in [0.4, 0.5) is 11.4 Å². The molecule has 0 fully saturated rings. The van der Waals surface area contributed by atoms with E-state index in [4.69, 9.17) is 0 Å². The Balaban J connectivity index is 2.17. The first kappa shape index (κ1) is 13.9. The maximum absolute atomic E-state index is 12.2. The van der Waals surface area contributed by atoms with E-state index in [0.29, 0.717) is 5.56 Å². The molecule has 104 valence electrons. The Labute approximate surface area is 118 Å². The molecule has 0 aromatic heterocycles. The Hall–Kier alpha value is -2.49. The Morgan fingerprint density at radius 1 is 1.10 bits per heavy atom. The number of carbonyl (C=O) groups is 1. The van der Waals surface area contributed by atoms with Crippen molar-refractivity contribution in [3.63, 3.8) is 0 Å². The molecule has 2 aromatic carbocycles. The maximum atomic E-state index is 12.2. The molecule has 20 heavy (non-hydrogen) atoms. The van der Waals surface area contributed by atoms with E-state index in [-0.39, 0.29) is 11.7 Å². The fourth-order valence-corrected chi connectivity index (χ4v) is 1.90. The second-order valence-electron chi connectivity index (χ2n) is 4.89. The van der Waals surface area contributed by atoms with Gasteiger partial charge in [0.25, 0.3) is 5.91 Å². The molecule has 0 aliphatic carbocycles. The number of nitrogens with zero attached hydrogens (tertiary/aromatic N) is 1. The van der Waals surface area contributed by atoms with Gasteiger partial charge in [-0.1, -0.05) is 6.07 Å². The van der Waals surface area contributed by atoms with Crippen molar-refractivity contribution < 1.29 is 9.90 Å². The molecule has 0 saturated carbocycles. The molecule has 0 radical (unpaired) electrons. The molecule has 0 aliphatic heterocycles. The number of anilines is 2. The van der Waals surface area contributed by atoms with Gasteiger partial charge in [-0.3, -0.25) is 4.79 Å². The van der Waals surface area contributed by atoms with E-state index in [1.807, 2.05) is 50.2 Å². The van der Waals surface area contributed by atoms with Gasteiger partial charge in [-0.25, -0.2) is 0 Å². The zero-order valence-electron chi connectivity index (χ0n) is 11.8. The van der Waals surface area contributed by atoms with Crippen molar-refractivity contribution in [1.82, 2.24) is 0 Å². The van der Waals surface area contributed by atoms with Crippen molar-refractivity contribution in [3.05, 3.63) is 53.6 Å². The molecule has 1 amide bonds. The van der Waals surface area contributed by atoms with Crippen LogP contribution in [0.1, 0.15) is 15.9 Å². The minimum atomic E-state index is -0.226. The minimum absolute atomic E-state index is 0.0868. The van der Waals surface area contributed by atoms with Crippen LogP contribution in [0.5, 0.6) is 5.75 Å². The van der Waals surface area contributed by atoms with Crippen LogP contribution in [-0.2, 0) is 0 Å². The minimum Gasteiger partial charge on any atom is -0.508 e. The van der Waals surface area contributed by atoms with Crippen molar-refractivity contribution in [2.75, 3.05) is 24.3 Å². The number of carbonyl (C=O) groups excluding carboxylic acids is 1. The first-order valence-corrected chi connectivity index (χ1v) is 6.36. The van der Waals surface area contributed by atoms with Gasteiger partial charge in [0.1, 0.15) is 5.75 Å². The second kappa shape index (κ2) is 5.65. The van der Waals surface area contributed by atoms with Crippen LogP contribution in [0, 0.1) is 6.92 Å². The van der Waals surface area contributed by atoms with Gasteiger partial charge in [-0.15, -0.1) is 0 Å². The number of nitrogens with one attached hydrogen (secondary N) is 1. The highest BCUT2D eigenvalue weighted by atomic mass is 16.3. The van der Waals surface area contributed by atoms with Crippen LogP contribution in [0.3, 0.4) is 0 Å². The van der Waals surface area contributed by atoms with E-state index in [0.717, 1.165) is 16.9 Å². The Morgan fingerprint density at radius 2 is 1.75 bits per heavy atom. The van der Waals surface area contributed by atoms with Gasteiger partial charge in [0.2, 0.25) is 0 Å². The average Bonchev–Trinajstić information content (AvgIpc) is 2.42. The number of aromatic hydroxyl groups is 1. The van der Waals surface area contributed by atoms with E-state index < -0.39 is 0 Å². The van der Waals surface area contributed by atoms with Crippen molar-refractivity contribution in [3.8, 4) is 5.75 Å². The van der Waals surface area contributed by atoms with Crippen LogP contribution in [0.2, 0.25) is 0 Å². The first-order chi connectivity index (χ1) is 9.47. The predicted molar refractivity (Wildman–Crippen MR) is 81.6 cm³/mol. The van der Waals surface area contributed by atoms with E-state index in [1.165, 1.54) is 6.07 Å². The normalized spacial score (nSPS) is 10.2. The highest BCUT2D eigenvalue weighted by Crippen LogP contribution is 2.19. The molecular formula is C16H18N2O2. The second-order valence-corrected chi connectivity index (χ2v) is 4.89. The van der Waals surface area contributed by atoms with Gasteiger partial charge < -0.3 is 15.3 Å². The average molecular weight is 270 g/mol. The van der Waals surface area contributed by atoms with Crippen LogP contribution in [0.25, 0.3) is 0 Å². The Morgan fingerprint density at radius 3 is 2.35 bits per heavy atom. The number of phenols is 1. The third kappa shape index (κ3) is 3.09. The molecule has 0 spiro atoms. The van der Waals surface area contributed by atoms with Gasteiger partial charge in [0.05, 0.1) is 0 Å². The largest absolute Gasteiger partial charge is 0.508 e. The van der Waals surface area contributed by atoms with E-state index >= 15 is 0 Å².